The third-order valence-electron chi connectivity index (χ3n) is 5.02. The largest absolute Gasteiger partial charge is 0.454 e. The van der Waals surface area contributed by atoms with Crippen LogP contribution in [-0.4, -0.2) is 31.8 Å². The van der Waals surface area contributed by atoms with Gasteiger partial charge in [-0.2, -0.15) is 0 Å². The predicted molar refractivity (Wildman–Crippen MR) is 118 cm³/mol. The summed E-state index contributed by atoms with van der Waals surface area (Å²) >= 11 is 0. The predicted octanol–water partition coefficient (Wildman–Crippen LogP) is 4.72. The highest BCUT2D eigenvalue weighted by Crippen LogP contribution is 2.33. The number of hydrogen-bond acceptors (Lipinski definition) is 4. The van der Waals surface area contributed by atoms with Crippen LogP contribution in [0.5, 0.6) is 11.5 Å². The number of carbonyl (C=O) groups is 1. The molecule has 0 bridgehead atoms. The van der Waals surface area contributed by atoms with Crippen molar-refractivity contribution in [3.05, 3.63) is 83.9 Å². The Morgan fingerprint density at radius 2 is 1.60 bits per heavy atom. The second-order valence-corrected chi connectivity index (χ2v) is 7.33. The molecule has 1 heterocycles. The Morgan fingerprint density at radius 1 is 0.867 bits per heavy atom. The van der Waals surface area contributed by atoms with Crippen LogP contribution in [0.4, 0.5) is 16.2 Å². The number of para-hydroxylation sites is 2. The van der Waals surface area contributed by atoms with Gasteiger partial charge in [-0.1, -0.05) is 48.5 Å². The fraction of sp³-hybridized carbons (Fsp3) is 0.208. The molecule has 6 heteroatoms. The number of ether oxygens (including phenoxy) is 2. The number of carbonyl (C=O) groups excluding carboxylic acids is 1. The summed E-state index contributed by atoms with van der Waals surface area (Å²) < 4.78 is 10.8. The molecular weight excluding hydrogens is 378 g/mol. The summed E-state index contributed by atoms with van der Waals surface area (Å²) in [6.45, 7) is 1.45. The SMILES string of the molecule is CN(Cc1ccc2c(c1)OCO2)C(=O)Nc1ccccc1N(C)Cc1ccccc1. The van der Waals surface area contributed by atoms with Crippen molar-refractivity contribution in [2.24, 2.45) is 0 Å². The van der Waals surface area contributed by atoms with E-state index in [1.807, 2.05) is 67.7 Å². The smallest absolute Gasteiger partial charge is 0.321 e. The Morgan fingerprint density at radius 3 is 2.43 bits per heavy atom. The number of hydrogen-bond donors (Lipinski definition) is 1. The van der Waals surface area contributed by atoms with Gasteiger partial charge in [-0.15, -0.1) is 0 Å². The zero-order chi connectivity index (χ0) is 20.9. The topological polar surface area (TPSA) is 54.0 Å². The molecule has 3 aromatic rings. The van der Waals surface area contributed by atoms with Crippen LogP contribution >= 0.6 is 0 Å². The van der Waals surface area contributed by atoms with E-state index in [1.165, 1.54) is 5.56 Å². The van der Waals surface area contributed by atoms with Gasteiger partial charge in [0.25, 0.3) is 0 Å². The van der Waals surface area contributed by atoms with Gasteiger partial charge in [0.1, 0.15) is 0 Å². The van der Waals surface area contributed by atoms with Crippen LogP contribution in [0, 0.1) is 0 Å². The Kier molecular flexibility index (Phi) is 5.75. The zero-order valence-electron chi connectivity index (χ0n) is 17.2. The van der Waals surface area contributed by atoms with Crippen molar-refractivity contribution >= 4 is 17.4 Å². The van der Waals surface area contributed by atoms with Gasteiger partial charge in [-0.05, 0) is 35.4 Å². The molecule has 1 N–H and O–H groups in total. The number of rotatable bonds is 6. The van der Waals surface area contributed by atoms with Crippen molar-refractivity contribution in [2.45, 2.75) is 13.1 Å². The lowest BCUT2D eigenvalue weighted by atomic mass is 10.2. The van der Waals surface area contributed by atoms with E-state index in [0.717, 1.165) is 29.2 Å². The molecule has 0 radical (unpaired) electrons. The van der Waals surface area contributed by atoms with Crippen molar-refractivity contribution < 1.29 is 14.3 Å². The summed E-state index contributed by atoms with van der Waals surface area (Å²) in [7, 11) is 3.80. The van der Waals surface area contributed by atoms with Gasteiger partial charge >= 0.3 is 6.03 Å². The van der Waals surface area contributed by atoms with Crippen LogP contribution in [0.25, 0.3) is 0 Å². The molecule has 0 saturated carbocycles. The molecule has 0 spiro atoms. The molecule has 1 aliphatic rings. The first-order valence-electron chi connectivity index (χ1n) is 9.85. The number of benzene rings is 3. The van der Waals surface area contributed by atoms with Gasteiger partial charge in [-0.3, -0.25) is 0 Å². The number of fused-ring (bicyclic) bond motifs is 1. The minimum atomic E-state index is -0.173. The van der Waals surface area contributed by atoms with Gasteiger partial charge in [0.05, 0.1) is 11.4 Å². The van der Waals surface area contributed by atoms with Crippen molar-refractivity contribution in [3.63, 3.8) is 0 Å². The van der Waals surface area contributed by atoms with E-state index in [-0.39, 0.29) is 12.8 Å². The quantitative estimate of drug-likeness (QED) is 0.647. The first-order chi connectivity index (χ1) is 14.6. The molecule has 0 fully saturated rings. The van der Waals surface area contributed by atoms with E-state index in [1.54, 1.807) is 11.9 Å². The molecule has 30 heavy (non-hydrogen) atoms. The maximum absolute atomic E-state index is 12.8. The van der Waals surface area contributed by atoms with E-state index >= 15 is 0 Å². The van der Waals surface area contributed by atoms with E-state index in [9.17, 15) is 4.79 Å². The highest BCUT2D eigenvalue weighted by molar-refractivity contribution is 5.93. The molecule has 6 nitrogen and oxygen atoms in total. The van der Waals surface area contributed by atoms with Crippen LogP contribution < -0.4 is 19.7 Å². The molecule has 0 unspecified atom stereocenters. The molecule has 0 atom stereocenters. The molecule has 0 aliphatic carbocycles. The van der Waals surface area contributed by atoms with Gasteiger partial charge in [0.2, 0.25) is 6.79 Å². The highest BCUT2D eigenvalue weighted by atomic mass is 16.7. The highest BCUT2D eigenvalue weighted by Gasteiger charge is 2.17. The number of nitrogens with one attached hydrogen (secondary N) is 1. The molecule has 1 aliphatic heterocycles. The third kappa shape index (κ3) is 4.49. The molecule has 154 valence electrons. The van der Waals surface area contributed by atoms with E-state index in [2.05, 4.69) is 22.3 Å². The number of urea groups is 1. The normalized spacial score (nSPS) is 11.8. The van der Waals surface area contributed by atoms with Crippen molar-refractivity contribution in [2.75, 3.05) is 31.1 Å². The minimum Gasteiger partial charge on any atom is -0.454 e. The van der Waals surface area contributed by atoms with Crippen molar-refractivity contribution in [1.82, 2.24) is 4.90 Å². The average molecular weight is 403 g/mol. The van der Waals surface area contributed by atoms with Crippen LogP contribution in [-0.2, 0) is 13.1 Å². The second-order valence-electron chi connectivity index (χ2n) is 7.33. The summed E-state index contributed by atoms with van der Waals surface area (Å²) in [6.07, 6.45) is 0. The zero-order valence-corrected chi connectivity index (χ0v) is 17.2. The molecular formula is C24H25N3O3. The molecule has 0 saturated heterocycles. The lowest BCUT2D eigenvalue weighted by Crippen LogP contribution is -2.31. The lowest BCUT2D eigenvalue weighted by molar-refractivity contribution is 0.174. The van der Waals surface area contributed by atoms with Crippen molar-refractivity contribution in [1.29, 1.82) is 0 Å². The Labute approximate surface area is 176 Å². The molecule has 3 aromatic carbocycles. The summed E-state index contributed by atoms with van der Waals surface area (Å²) in [4.78, 5) is 16.6. The van der Waals surface area contributed by atoms with Crippen LogP contribution in [0.15, 0.2) is 72.8 Å². The summed E-state index contributed by atoms with van der Waals surface area (Å²) in [6, 6.07) is 23.6. The number of anilines is 2. The maximum atomic E-state index is 12.8. The number of nitrogens with zero attached hydrogens (tertiary/aromatic N) is 2. The molecule has 4 rings (SSSR count). The van der Waals surface area contributed by atoms with Crippen LogP contribution in [0.2, 0.25) is 0 Å². The second kappa shape index (κ2) is 8.78. The van der Waals surface area contributed by atoms with E-state index < -0.39 is 0 Å². The summed E-state index contributed by atoms with van der Waals surface area (Å²) in [5.41, 5.74) is 3.93. The van der Waals surface area contributed by atoms with E-state index in [0.29, 0.717) is 12.3 Å². The Hall–Kier alpha value is -3.67. The van der Waals surface area contributed by atoms with Crippen LogP contribution in [0.3, 0.4) is 0 Å². The third-order valence-corrected chi connectivity index (χ3v) is 5.02. The summed E-state index contributed by atoms with van der Waals surface area (Å²) in [5, 5.41) is 3.04. The first-order valence-corrected chi connectivity index (χ1v) is 9.85. The molecule has 2 amide bonds. The molecule has 0 aromatic heterocycles. The van der Waals surface area contributed by atoms with Crippen LogP contribution in [0.1, 0.15) is 11.1 Å². The van der Waals surface area contributed by atoms with Gasteiger partial charge in [-0.25, -0.2) is 4.79 Å². The Bertz CT molecular complexity index is 1020. The van der Waals surface area contributed by atoms with Crippen molar-refractivity contribution in [3.8, 4) is 11.5 Å². The maximum Gasteiger partial charge on any atom is 0.321 e. The first kappa shape index (κ1) is 19.6. The van der Waals surface area contributed by atoms with Gasteiger partial charge in [0.15, 0.2) is 11.5 Å². The monoisotopic (exact) mass is 403 g/mol. The number of amides is 2. The minimum absolute atomic E-state index is 0.173. The fourth-order valence-electron chi connectivity index (χ4n) is 3.45. The van der Waals surface area contributed by atoms with E-state index in [4.69, 9.17) is 9.47 Å². The lowest BCUT2D eigenvalue weighted by Gasteiger charge is -2.24. The van der Waals surface area contributed by atoms with Gasteiger partial charge < -0.3 is 24.6 Å². The summed E-state index contributed by atoms with van der Waals surface area (Å²) in [5.74, 6) is 1.45. The van der Waals surface area contributed by atoms with Gasteiger partial charge in [0, 0.05) is 27.2 Å². The standard InChI is InChI=1S/C24H25N3O3/c1-26(15-18-8-4-3-5-9-18)21-11-7-6-10-20(21)25-24(28)27(2)16-19-12-13-22-23(14-19)30-17-29-22/h3-14H,15-17H2,1-2H3,(H,25,28). The average Bonchev–Trinajstić information content (AvgIpc) is 3.22. The Balaban J connectivity index is 1.42. The fourth-order valence-corrected chi connectivity index (χ4v) is 3.45.